The Hall–Kier alpha value is -5.39. The van der Waals surface area contributed by atoms with Crippen LogP contribution in [0.25, 0.3) is 0 Å². The number of nitrogens with one attached hydrogen (secondary N) is 2. The van der Waals surface area contributed by atoms with Gasteiger partial charge in [0.25, 0.3) is 5.91 Å². The van der Waals surface area contributed by atoms with Gasteiger partial charge in [0.1, 0.15) is 18.7 Å². The fraction of sp³-hybridized carbons (Fsp3) is 0.258. The van der Waals surface area contributed by atoms with Crippen molar-refractivity contribution >= 4 is 41.3 Å². The fourth-order valence-electron chi connectivity index (χ4n) is 4.60. The molecule has 0 aliphatic carbocycles. The van der Waals surface area contributed by atoms with Gasteiger partial charge >= 0.3 is 24.0 Å². The minimum Gasteiger partial charge on any atom is -0.480 e. The van der Waals surface area contributed by atoms with Crippen LogP contribution in [0.2, 0.25) is 0 Å². The van der Waals surface area contributed by atoms with E-state index in [4.69, 9.17) is 9.47 Å². The van der Waals surface area contributed by atoms with Crippen LogP contribution in [-0.2, 0) is 32.1 Å². The van der Waals surface area contributed by atoms with E-state index in [1.807, 2.05) is 30.3 Å². The standard InChI is InChI=1S/C31H31N3O9/c1-2-42-30(40)22-9-6-10-23(16-22)32-24(28(36)37)17-25(29(38)39)33-27(35)21-11-12-26-20(15-21)13-14-34(26)31(41)43-18-19-7-4-3-5-8-19/h3-12,15-16,24-25,32H,2,13-14,17-18H2,1H3,(H,33,35)(H,36,37)(H,38,39)/t24?,25-/m0/s1. The summed E-state index contributed by atoms with van der Waals surface area (Å²) in [4.78, 5) is 63.2. The van der Waals surface area contributed by atoms with Crippen LogP contribution in [-0.4, -0.2) is 65.4 Å². The van der Waals surface area contributed by atoms with Gasteiger partial charge in [-0.2, -0.15) is 0 Å². The summed E-state index contributed by atoms with van der Waals surface area (Å²) in [6.45, 7) is 2.29. The average molecular weight is 590 g/mol. The molecule has 4 N–H and O–H groups in total. The van der Waals surface area contributed by atoms with Crippen molar-refractivity contribution in [2.24, 2.45) is 0 Å². The molecule has 0 saturated carbocycles. The molecule has 12 heteroatoms. The number of fused-ring (bicyclic) bond motifs is 1. The molecule has 0 spiro atoms. The van der Waals surface area contributed by atoms with Crippen molar-refractivity contribution in [1.82, 2.24) is 5.32 Å². The number of amides is 2. The second kappa shape index (κ2) is 14.0. The number of benzene rings is 3. The molecule has 0 fully saturated rings. The number of esters is 1. The van der Waals surface area contributed by atoms with Crippen LogP contribution < -0.4 is 15.5 Å². The van der Waals surface area contributed by atoms with E-state index in [-0.39, 0.29) is 30.0 Å². The second-order valence-corrected chi connectivity index (χ2v) is 9.72. The molecule has 12 nitrogen and oxygen atoms in total. The molecule has 0 bridgehead atoms. The predicted molar refractivity (Wildman–Crippen MR) is 155 cm³/mol. The lowest BCUT2D eigenvalue weighted by molar-refractivity contribution is -0.141. The molecule has 4 rings (SSSR count). The number of carboxylic acids is 2. The summed E-state index contributed by atoms with van der Waals surface area (Å²) in [7, 11) is 0. The Morgan fingerprint density at radius 1 is 0.860 bits per heavy atom. The van der Waals surface area contributed by atoms with Crippen molar-refractivity contribution < 1.29 is 43.7 Å². The van der Waals surface area contributed by atoms with E-state index in [0.717, 1.165) is 5.56 Å². The number of carboxylic acid groups (broad SMARTS) is 2. The Balaban J connectivity index is 1.40. The molecule has 1 unspecified atom stereocenters. The third-order valence-corrected chi connectivity index (χ3v) is 6.75. The van der Waals surface area contributed by atoms with Crippen molar-refractivity contribution in [3.05, 3.63) is 95.1 Å². The average Bonchev–Trinajstić information content (AvgIpc) is 3.43. The molecule has 224 valence electrons. The smallest absolute Gasteiger partial charge is 0.414 e. The quantitative estimate of drug-likeness (QED) is 0.228. The van der Waals surface area contributed by atoms with E-state index in [2.05, 4.69) is 10.6 Å². The predicted octanol–water partition coefficient (Wildman–Crippen LogP) is 3.70. The van der Waals surface area contributed by atoms with Crippen LogP contribution in [0.3, 0.4) is 0 Å². The number of carbonyl (C=O) groups excluding carboxylic acids is 3. The van der Waals surface area contributed by atoms with Crippen LogP contribution >= 0.6 is 0 Å². The third kappa shape index (κ3) is 7.88. The van der Waals surface area contributed by atoms with Gasteiger partial charge in [-0.1, -0.05) is 36.4 Å². The third-order valence-electron chi connectivity index (χ3n) is 6.75. The van der Waals surface area contributed by atoms with Crippen LogP contribution in [0.15, 0.2) is 72.8 Å². The van der Waals surface area contributed by atoms with Gasteiger partial charge in [-0.25, -0.2) is 19.2 Å². The molecule has 0 saturated heterocycles. The number of anilines is 2. The van der Waals surface area contributed by atoms with Gasteiger partial charge in [0.15, 0.2) is 0 Å². The van der Waals surface area contributed by atoms with E-state index in [1.54, 1.807) is 19.1 Å². The van der Waals surface area contributed by atoms with Crippen LogP contribution in [0.5, 0.6) is 0 Å². The van der Waals surface area contributed by atoms with E-state index < -0.39 is 48.4 Å². The monoisotopic (exact) mass is 589 g/mol. The zero-order valence-electron chi connectivity index (χ0n) is 23.3. The Labute approximate surface area is 247 Å². The van der Waals surface area contributed by atoms with Gasteiger partial charge in [0.2, 0.25) is 0 Å². The van der Waals surface area contributed by atoms with E-state index in [0.29, 0.717) is 24.2 Å². The minimum absolute atomic E-state index is 0.117. The lowest BCUT2D eigenvalue weighted by atomic mass is 10.0. The van der Waals surface area contributed by atoms with Gasteiger partial charge in [-0.3, -0.25) is 9.69 Å². The zero-order valence-corrected chi connectivity index (χ0v) is 23.3. The highest BCUT2D eigenvalue weighted by molar-refractivity contribution is 5.99. The van der Waals surface area contributed by atoms with E-state index in [1.165, 1.54) is 35.2 Å². The SMILES string of the molecule is CCOC(=O)c1cccc(NC(C[C@H](NC(=O)c2ccc3c(c2)CCN3C(=O)OCc2ccccc2)C(=O)O)C(=O)O)c1. The number of ether oxygens (including phenoxy) is 2. The van der Waals surface area contributed by atoms with Gasteiger partial charge in [0.05, 0.1) is 17.9 Å². The Morgan fingerprint density at radius 2 is 1.60 bits per heavy atom. The summed E-state index contributed by atoms with van der Waals surface area (Å²) in [6, 6.07) is 16.9. The van der Waals surface area contributed by atoms with Crippen molar-refractivity contribution in [1.29, 1.82) is 0 Å². The number of aliphatic carboxylic acids is 2. The van der Waals surface area contributed by atoms with Gasteiger partial charge in [-0.15, -0.1) is 0 Å². The largest absolute Gasteiger partial charge is 0.480 e. The Bertz CT molecular complexity index is 1510. The van der Waals surface area contributed by atoms with E-state index in [9.17, 15) is 34.2 Å². The maximum atomic E-state index is 13.0. The first-order valence-corrected chi connectivity index (χ1v) is 13.6. The number of nitrogens with zero attached hydrogens (tertiary/aromatic N) is 1. The van der Waals surface area contributed by atoms with Crippen LogP contribution in [0.1, 0.15) is 45.2 Å². The molecule has 3 aromatic rings. The minimum atomic E-state index is -1.55. The molecule has 1 aliphatic rings. The lowest BCUT2D eigenvalue weighted by Gasteiger charge is -2.21. The molecule has 3 aromatic carbocycles. The van der Waals surface area contributed by atoms with Crippen LogP contribution in [0.4, 0.5) is 16.2 Å². The summed E-state index contributed by atoms with van der Waals surface area (Å²) < 4.78 is 10.4. The summed E-state index contributed by atoms with van der Waals surface area (Å²) in [5.74, 6) is -4.07. The van der Waals surface area contributed by atoms with Crippen molar-refractivity contribution in [2.45, 2.75) is 38.5 Å². The van der Waals surface area contributed by atoms with Crippen molar-refractivity contribution in [3.63, 3.8) is 0 Å². The first kappa shape index (κ1) is 30.6. The maximum absolute atomic E-state index is 13.0. The maximum Gasteiger partial charge on any atom is 0.414 e. The summed E-state index contributed by atoms with van der Waals surface area (Å²) in [5.41, 5.74) is 2.76. The Kier molecular flexibility index (Phi) is 9.94. The molecular weight excluding hydrogens is 558 g/mol. The normalized spacial score (nSPS) is 13.3. The molecule has 1 heterocycles. The summed E-state index contributed by atoms with van der Waals surface area (Å²) >= 11 is 0. The molecule has 0 aromatic heterocycles. The van der Waals surface area contributed by atoms with Gasteiger partial charge < -0.3 is 30.3 Å². The molecular formula is C31H31N3O9. The summed E-state index contributed by atoms with van der Waals surface area (Å²) in [6.07, 6.45) is -0.549. The second-order valence-electron chi connectivity index (χ2n) is 9.72. The highest BCUT2D eigenvalue weighted by atomic mass is 16.6. The number of hydrogen-bond acceptors (Lipinski definition) is 8. The molecule has 2 amide bonds. The van der Waals surface area contributed by atoms with E-state index >= 15 is 0 Å². The fourth-order valence-corrected chi connectivity index (χ4v) is 4.60. The first-order valence-electron chi connectivity index (χ1n) is 13.6. The summed E-state index contributed by atoms with van der Waals surface area (Å²) in [5, 5.41) is 24.6. The Morgan fingerprint density at radius 3 is 2.30 bits per heavy atom. The highest BCUT2D eigenvalue weighted by Gasteiger charge is 2.30. The van der Waals surface area contributed by atoms with Gasteiger partial charge in [0, 0.05) is 24.2 Å². The molecule has 43 heavy (non-hydrogen) atoms. The van der Waals surface area contributed by atoms with Crippen LogP contribution in [0, 0.1) is 0 Å². The number of rotatable bonds is 12. The zero-order chi connectivity index (χ0) is 30.9. The molecule has 1 aliphatic heterocycles. The first-order chi connectivity index (χ1) is 20.7. The van der Waals surface area contributed by atoms with Crippen molar-refractivity contribution in [2.75, 3.05) is 23.4 Å². The highest BCUT2D eigenvalue weighted by Crippen LogP contribution is 2.30. The lowest BCUT2D eigenvalue weighted by Crippen LogP contribution is -2.46. The number of hydrogen-bond donors (Lipinski definition) is 4. The topological polar surface area (TPSA) is 172 Å². The molecule has 0 radical (unpaired) electrons. The number of carbonyl (C=O) groups is 5. The van der Waals surface area contributed by atoms with Gasteiger partial charge in [-0.05, 0) is 60.9 Å². The molecule has 2 atom stereocenters. The van der Waals surface area contributed by atoms with Crippen molar-refractivity contribution in [3.8, 4) is 0 Å².